The van der Waals surface area contributed by atoms with Crippen LogP contribution in [0.4, 0.5) is 0 Å². The number of ether oxygens (including phenoxy) is 1. The highest BCUT2D eigenvalue weighted by atomic mass is 32.2. The van der Waals surface area contributed by atoms with Gasteiger partial charge in [0, 0.05) is 18.8 Å². The van der Waals surface area contributed by atoms with E-state index in [0.717, 1.165) is 19.4 Å². The highest BCUT2D eigenvalue weighted by Crippen LogP contribution is 2.17. The van der Waals surface area contributed by atoms with Gasteiger partial charge in [0.25, 0.3) is 0 Å². The lowest BCUT2D eigenvalue weighted by atomic mass is 10.2. The second-order valence-electron chi connectivity index (χ2n) is 4.74. The molecule has 0 heterocycles. The lowest BCUT2D eigenvalue weighted by Crippen LogP contribution is -2.29. The SMILES string of the molecule is CCCC(C)NCCOc1cccc(S(C)(=O)=O)c1. The average Bonchev–Trinajstić information content (AvgIpc) is 2.34. The van der Waals surface area contributed by atoms with Crippen LogP contribution in [0.1, 0.15) is 26.7 Å². The Morgan fingerprint density at radius 3 is 2.74 bits per heavy atom. The van der Waals surface area contributed by atoms with Crippen molar-refractivity contribution in [1.82, 2.24) is 5.32 Å². The molecule has 4 nitrogen and oxygen atoms in total. The van der Waals surface area contributed by atoms with Crippen molar-refractivity contribution in [1.29, 1.82) is 0 Å². The van der Waals surface area contributed by atoms with Gasteiger partial charge < -0.3 is 10.1 Å². The summed E-state index contributed by atoms with van der Waals surface area (Å²) in [6, 6.07) is 7.08. The molecule has 1 N–H and O–H groups in total. The molecule has 5 heteroatoms. The predicted molar refractivity (Wildman–Crippen MR) is 77.4 cm³/mol. The van der Waals surface area contributed by atoms with Crippen molar-refractivity contribution in [3.8, 4) is 5.75 Å². The molecule has 1 aromatic rings. The molecule has 19 heavy (non-hydrogen) atoms. The van der Waals surface area contributed by atoms with Gasteiger partial charge in [-0.05, 0) is 31.5 Å². The number of hydrogen-bond acceptors (Lipinski definition) is 4. The predicted octanol–water partition coefficient (Wildman–Crippen LogP) is 2.25. The first kappa shape index (κ1) is 16.0. The zero-order valence-corrected chi connectivity index (χ0v) is 12.7. The van der Waals surface area contributed by atoms with Crippen LogP contribution in [0.5, 0.6) is 5.75 Å². The number of hydrogen-bond donors (Lipinski definition) is 1. The van der Waals surface area contributed by atoms with Crippen LogP contribution in [-0.4, -0.2) is 33.9 Å². The van der Waals surface area contributed by atoms with Crippen LogP contribution < -0.4 is 10.1 Å². The fraction of sp³-hybridized carbons (Fsp3) is 0.571. The summed E-state index contributed by atoms with van der Waals surface area (Å²) in [7, 11) is -3.17. The molecule has 0 saturated carbocycles. The van der Waals surface area contributed by atoms with Gasteiger partial charge in [0.2, 0.25) is 0 Å². The third-order valence-corrected chi connectivity index (χ3v) is 3.93. The fourth-order valence-corrected chi connectivity index (χ4v) is 2.46. The summed E-state index contributed by atoms with van der Waals surface area (Å²) >= 11 is 0. The molecule has 0 amide bonds. The maximum Gasteiger partial charge on any atom is 0.175 e. The number of benzene rings is 1. The van der Waals surface area contributed by atoms with E-state index in [-0.39, 0.29) is 4.90 Å². The monoisotopic (exact) mass is 285 g/mol. The van der Waals surface area contributed by atoms with E-state index >= 15 is 0 Å². The summed E-state index contributed by atoms with van der Waals surface area (Å²) in [4.78, 5) is 0.289. The van der Waals surface area contributed by atoms with Crippen molar-refractivity contribution >= 4 is 9.84 Å². The van der Waals surface area contributed by atoms with Gasteiger partial charge in [0.05, 0.1) is 4.90 Å². The maximum atomic E-state index is 11.4. The van der Waals surface area contributed by atoms with Crippen LogP contribution in [0, 0.1) is 0 Å². The normalized spacial score (nSPS) is 13.2. The number of sulfone groups is 1. The molecular formula is C14H23NO3S. The van der Waals surface area contributed by atoms with Crippen LogP contribution in [0.15, 0.2) is 29.2 Å². The summed E-state index contributed by atoms with van der Waals surface area (Å²) in [5, 5.41) is 3.36. The van der Waals surface area contributed by atoms with Crippen molar-refractivity contribution in [2.24, 2.45) is 0 Å². The Hall–Kier alpha value is -1.07. The molecule has 1 aromatic carbocycles. The van der Waals surface area contributed by atoms with E-state index in [9.17, 15) is 8.42 Å². The summed E-state index contributed by atoms with van der Waals surface area (Å²) in [5.41, 5.74) is 0. The van der Waals surface area contributed by atoms with Crippen LogP contribution in [0.2, 0.25) is 0 Å². The standard InChI is InChI=1S/C14H23NO3S/c1-4-6-12(2)15-9-10-18-13-7-5-8-14(11-13)19(3,16)17/h5,7-8,11-12,15H,4,6,9-10H2,1-3H3. The smallest absolute Gasteiger partial charge is 0.175 e. The zero-order chi connectivity index (χ0) is 14.3. The minimum atomic E-state index is -3.17. The maximum absolute atomic E-state index is 11.4. The second kappa shape index (κ2) is 7.50. The highest BCUT2D eigenvalue weighted by molar-refractivity contribution is 7.90. The molecule has 0 aliphatic rings. The lowest BCUT2D eigenvalue weighted by molar-refractivity contribution is 0.304. The summed E-state index contributed by atoms with van der Waals surface area (Å²) in [6.45, 7) is 5.59. The van der Waals surface area contributed by atoms with Crippen LogP contribution in [-0.2, 0) is 9.84 Å². The molecule has 0 radical (unpaired) electrons. The Labute approximate surface area is 116 Å². The highest BCUT2D eigenvalue weighted by Gasteiger charge is 2.07. The topological polar surface area (TPSA) is 55.4 Å². The van der Waals surface area contributed by atoms with Gasteiger partial charge in [0.15, 0.2) is 9.84 Å². The van der Waals surface area contributed by atoms with Crippen molar-refractivity contribution in [2.75, 3.05) is 19.4 Å². The Morgan fingerprint density at radius 2 is 2.11 bits per heavy atom. The van der Waals surface area contributed by atoms with Crippen molar-refractivity contribution in [3.05, 3.63) is 24.3 Å². The first-order valence-corrected chi connectivity index (χ1v) is 8.49. The average molecular weight is 285 g/mol. The molecular weight excluding hydrogens is 262 g/mol. The molecule has 108 valence electrons. The van der Waals surface area contributed by atoms with Crippen molar-refractivity contribution < 1.29 is 13.2 Å². The molecule has 0 bridgehead atoms. The molecule has 0 fully saturated rings. The molecule has 0 spiro atoms. The third kappa shape index (κ3) is 6.07. The Bertz CT molecular complexity index is 485. The van der Waals surface area contributed by atoms with Crippen molar-refractivity contribution in [3.63, 3.8) is 0 Å². The second-order valence-corrected chi connectivity index (χ2v) is 6.76. The minimum Gasteiger partial charge on any atom is -0.492 e. The fourth-order valence-electron chi connectivity index (χ4n) is 1.80. The summed E-state index contributed by atoms with van der Waals surface area (Å²) < 4.78 is 28.4. The molecule has 0 saturated heterocycles. The van der Waals surface area contributed by atoms with E-state index in [2.05, 4.69) is 19.2 Å². The van der Waals surface area contributed by atoms with Crippen LogP contribution in [0.25, 0.3) is 0 Å². The van der Waals surface area contributed by atoms with Gasteiger partial charge in [-0.25, -0.2) is 8.42 Å². The first-order chi connectivity index (χ1) is 8.93. The molecule has 0 aliphatic carbocycles. The quantitative estimate of drug-likeness (QED) is 0.744. The van der Waals surface area contributed by atoms with Gasteiger partial charge >= 0.3 is 0 Å². The van der Waals surface area contributed by atoms with E-state index in [0.29, 0.717) is 18.4 Å². The Kier molecular flexibility index (Phi) is 6.31. The number of rotatable bonds is 8. The zero-order valence-electron chi connectivity index (χ0n) is 11.8. The minimum absolute atomic E-state index is 0.289. The van der Waals surface area contributed by atoms with E-state index < -0.39 is 9.84 Å². The van der Waals surface area contributed by atoms with E-state index in [1.807, 2.05) is 0 Å². The van der Waals surface area contributed by atoms with E-state index in [1.165, 1.54) is 6.26 Å². The summed E-state index contributed by atoms with van der Waals surface area (Å²) in [6.07, 6.45) is 3.50. The van der Waals surface area contributed by atoms with Gasteiger partial charge in [-0.1, -0.05) is 19.4 Å². The van der Waals surface area contributed by atoms with Gasteiger partial charge in [-0.3, -0.25) is 0 Å². The number of nitrogens with one attached hydrogen (secondary N) is 1. The van der Waals surface area contributed by atoms with Gasteiger partial charge in [0.1, 0.15) is 12.4 Å². The van der Waals surface area contributed by atoms with Gasteiger partial charge in [-0.2, -0.15) is 0 Å². The first-order valence-electron chi connectivity index (χ1n) is 6.59. The molecule has 1 rings (SSSR count). The third-order valence-electron chi connectivity index (χ3n) is 2.82. The van der Waals surface area contributed by atoms with E-state index in [1.54, 1.807) is 24.3 Å². The molecule has 0 aliphatic heterocycles. The Balaban J connectivity index is 2.42. The van der Waals surface area contributed by atoms with Crippen molar-refractivity contribution in [2.45, 2.75) is 37.6 Å². The molecule has 0 aromatic heterocycles. The van der Waals surface area contributed by atoms with Gasteiger partial charge in [-0.15, -0.1) is 0 Å². The molecule has 1 unspecified atom stereocenters. The Morgan fingerprint density at radius 1 is 1.37 bits per heavy atom. The van der Waals surface area contributed by atoms with E-state index in [4.69, 9.17) is 4.74 Å². The lowest BCUT2D eigenvalue weighted by Gasteiger charge is -2.13. The summed E-state index contributed by atoms with van der Waals surface area (Å²) in [5.74, 6) is 0.591. The van der Waals surface area contributed by atoms with Crippen LogP contribution >= 0.6 is 0 Å². The van der Waals surface area contributed by atoms with Crippen LogP contribution in [0.3, 0.4) is 0 Å². The molecule has 1 atom stereocenters. The largest absolute Gasteiger partial charge is 0.492 e.